The molecule has 0 aliphatic rings. The van der Waals surface area contributed by atoms with Crippen LogP contribution < -0.4 is 0 Å². The zero-order valence-corrected chi connectivity index (χ0v) is 3.87. The van der Waals surface area contributed by atoms with E-state index in [-0.39, 0.29) is 0 Å². The summed E-state index contributed by atoms with van der Waals surface area (Å²) in [7, 11) is 0. The second kappa shape index (κ2) is 2.03. The van der Waals surface area contributed by atoms with E-state index in [0.29, 0.717) is 0 Å². The standard InChI is InChI=1S/C4H3F3N/c1-3(2-8)4(5,6)7/h3H,1H2. The number of halogens is 3. The minimum atomic E-state index is -4.46. The Hall–Kier alpha value is -0.720. The first-order valence-corrected chi connectivity index (χ1v) is 1.78. The van der Waals surface area contributed by atoms with Crippen molar-refractivity contribution < 1.29 is 13.2 Å². The Labute approximate surface area is 44.7 Å². The molecule has 0 saturated carbocycles. The highest BCUT2D eigenvalue weighted by Gasteiger charge is 2.35. The zero-order chi connectivity index (χ0) is 6.78. The molecule has 0 spiro atoms. The molecule has 0 aromatic heterocycles. The maximum absolute atomic E-state index is 11.2. The maximum atomic E-state index is 11.2. The summed E-state index contributed by atoms with van der Waals surface area (Å²) >= 11 is 0. The first-order valence-electron chi connectivity index (χ1n) is 1.78. The second-order valence-electron chi connectivity index (χ2n) is 1.22. The Morgan fingerprint density at radius 2 is 1.88 bits per heavy atom. The monoisotopic (exact) mass is 122 g/mol. The van der Waals surface area contributed by atoms with Crippen LogP contribution in [0.25, 0.3) is 0 Å². The maximum Gasteiger partial charge on any atom is 0.404 e. The van der Waals surface area contributed by atoms with E-state index in [4.69, 9.17) is 5.26 Å². The van der Waals surface area contributed by atoms with Crippen LogP contribution in [0, 0.1) is 24.2 Å². The Morgan fingerprint density at radius 1 is 1.50 bits per heavy atom. The molecule has 1 radical (unpaired) electrons. The van der Waals surface area contributed by atoms with Gasteiger partial charge in [0.15, 0.2) is 0 Å². The van der Waals surface area contributed by atoms with Crippen LogP contribution in [-0.2, 0) is 0 Å². The van der Waals surface area contributed by atoms with E-state index >= 15 is 0 Å². The van der Waals surface area contributed by atoms with E-state index in [0.717, 1.165) is 6.07 Å². The molecule has 0 saturated heterocycles. The van der Waals surface area contributed by atoms with Crippen molar-refractivity contribution in [3.63, 3.8) is 0 Å². The van der Waals surface area contributed by atoms with Crippen LogP contribution in [0.4, 0.5) is 13.2 Å². The number of alkyl halides is 3. The van der Waals surface area contributed by atoms with Crippen LogP contribution >= 0.6 is 0 Å². The van der Waals surface area contributed by atoms with Crippen molar-refractivity contribution in [2.24, 2.45) is 5.92 Å². The SMILES string of the molecule is [CH2]C(C#N)C(F)(F)F. The number of nitrogens with zero attached hydrogens (tertiary/aromatic N) is 1. The zero-order valence-electron chi connectivity index (χ0n) is 3.87. The lowest BCUT2D eigenvalue weighted by atomic mass is 10.2. The molecule has 0 aromatic carbocycles. The molecule has 0 heterocycles. The fourth-order valence-electron chi connectivity index (χ4n) is 0.0732. The molecule has 0 aromatic rings. The molecule has 45 valence electrons. The molecule has 8 heavy (non-hydrogen) atoms. The van der Waals surface area contributed by atoms with Crippen LogP contribution in [0.15, 0.2) is 0 Å². The van der Waals surface area contributed by atoms with E-state index in [2.05, 4.69) is 6.92 Å². The van der Waals surface area contributed by atoms with Gasteiger partial charge in [0.1, 0.15) is 5.92 Å². The number of rotatable bonds is 0. The summed E-state index contributed by atoms with van der Waals surface area (Å²) < 4.78 is 33.5. The number of nitriles is 1. The Morgan fingerprint density at radius 3 is 1.88 bits per heavy atom. The van der Waals surface area contributed by atoms with Crippen molar-refractivity contribution in [1.82, 2.24) is 0 Å². The average Bonchev–Trinajstić information content (AvgIpc) is 1.62. The molecular formula is C4H3F3N. The summed E-state index contributed by atoms with van der Waals surface area (Å²) in [5.41, 5.74) is 0. The van der Waals surface area contributed by atoms with Crippen molar-refractivity contribution in [3.8, 4) is 6.07 Å². The van der Waals surface area contributed by atoms with Crippen LogP contribution in [0.3, 0.4) is 0 Å². The van der Waals surface area contributed by atoms with Crippen molar-refractivity contribution >= 4 is 0 Å². The summed E-state index contributed by atoms with van der Waals surface area (Å²) in [5.74, 6) is -2.09. The number of hydrogen-bond donors (Lipinski definition) is 0. The predicted molar refractivity (Wildman–Crippen MR) is 20.5 cm³/mol. The minimum Gasteiger partial charge on any atom is -0.198 e. The highest BCUT2D eigenvalue weighted by molar-refractivity contribution is 4.89. The fourth-order valence-corrected chi connectivity index (χ4v) is 0.0732. The van der Waals surface area contributed by atoms with Gasteiger partial charge in [-0.05, 0) is 6.92 Å². The largest absolute Gasteiger partial charge is 0.404 e. The van der Waals surface area contributed by atoms with Gasteiger partial charge in [-0.25, -0.2) is 0 Å². The van der Waals surface area contributed by atoms with Crippen LogP contribution in [0.5, 0.6) is 0 Å². The lowest BCUT2D eigenvalue weighted by molar-refractivity contribution is -0.147. The Balaban J connectivity index is 3.87. The van der Waals surface area contributed by atoms with Crippen LogP contribution in [0.2, 0.25) is 0 Å². The van der Waals surface area contributed by atoms with Crippen molar-refractivity contribution in [3.05, 3.63) is 6.92 Å². The van der Waals surface area contributed by atoms with Crippen molar-refractivity contribution in [2.75, 3.05) is 0 Å². The molecule has 0 N–H and O–H groups in total. The van der Waals surface area contributed by atoms with E-state index in [9.17, 15) is 13.2 Å². The van der Waals surface area contributed by atoms with E-state index in [1.54, 1.807) is 0 Å². The second-order valence-corrected chi connectivity index (χ2v) is 1.22. The predicted octanol–water partition coefficient (Wildman–Crippen LogP) is 1.52. The molecule has 0 bridgehead atoms. The Bertz CT molecular complexity index is 109. The number of hydrogen-bond acceptors (Lipinski definition) is 1. The van der Waals surface area contributed by atoms with Gasteiger partial charge in [0.05, 0.1) is 6.07 Å². The molecule has 0 amide bonds. The van der Waals surface area contributed by atoms with Crippen LogP contribution in [-0.4, -0.2) is 6.18 Å². The van der Waals surface area contributed by atoms with Gasteiger partial charge in [0.2, 0.25) is 0 Å². The molecule has 4 heteroatoms. The van der Waals surface area contributed by atoms with Gasteiger partial charge >= 0.3 is 6.18 Å². The topological polar surface area (TPSA) is 23.8 Å². The quantitative estimate of drug-likeness (QED) is 0.477. The van der Waals surface area contributed by atoms with Gasteiger partial charge in [-0.2, -0.15) is 18.4 Å². The van der Waals surface area contributed by atoms with Crippen LogP contribution in [0.1, 0.15) is 0 Å². The van der Waals surface area contributed by atoms with Gasteiger partial charge in [-0.3, -0.25) is 0 Å². The summed E-state index contributed by atoms with van der Waals surface area (Å²) in [6.45, 7) is 2.54. The van der Waals surface area contributed by atoms with Crippen molar-refractivity contribution in [1.29, 1.82) is 5.26 Å². The molecule has 1 unspecified atom stereocenters. The summed E-state index contributed by atoms with van der Waals surface area (Å²) in [6, 6.07) is 0.969. The average molecular weight is 122 g/mol. The minimum absolute atomic E-state index is 0.969. The van der Waals surface area contributed by atoms with E-state index < -0.39 is 12.1 Å². The first-order chi connectivity index (χ1) is 3.48. The first kappa shape index (κ1) is 7.28. The molecule has 0 aliphatic carbocycles. The van der Waals surface area contributed by atoms with Gasteiger partial charge in [0.25, 0.3) is 0 Å². The summed E-state index contributed by atoms with van der Waals surface area (Å²) in [6.07, 6.45) is -4.46. The van der Waals surface area contributed by atoms with Crippen molar-refractivity contribution in [2.45, 2.75) is 6.18 Å². The molecule has 1 atom stereocenters. The lowest BCUT2D eigenvalue weighted by Gasteiger charge is -2.04. The lowest BCUT2D eigenvalue weighted by Crippen LogP contribution is -2.17. The smallest absolute Gasteiger partial charge is 0.198 e. The van der Waals surface area contributed by atoms with Gasteiger partial charge in [0, 0.05) is 0 Å². The third-order valence-corrected chi connectivity index (χ3v) is 0.551. The molecule has 0 fully saturated rings. The summed E-state index contributed by atoms with van der Waals surface area (Å²) in [5, 5.41) is 7.64. The van der Waals surface area contributed by atoms with Gasteiger partial charge < -0.3 is 0 Å². The van der Waals surface area contributed by atoms with E-state index in [1.807, 2.05) is 0 Å². The fraction of sp³-hybridized carbons (Fsp3) is 0.500. The molecule has 1 nitrogen and oxygen atoms in total. The van der Waals surface area contributed by atoms with Gasteiger partial charge in [-0.15, -0.1) is 0 Å². The van der Waals surface area contributed by atoms with E-state index in [1.165, 1.54) is 0 Å². The Kier molecular flexibility index (Phi) is 1.85. The molecular weight excluding hydrogens is 119 g/mol. The third kappa shape index (κ3) is 1.82. The highest BCUT2D eigenvalue weighted by atomic mass is 19.4. The normalized spacial score (nSPS) is 14.9. The molecule has 0 aliphatic heterocycles. The van der Waals surface area contributed by atoms with Gasteiger partial charge in [-0.1, -0.05) is 0 Å². The third-order valence-electron chi connectivity index (χ3n) is 0.551. The molecule has 0 rings (SSSR count). The summed E-state index contributed by atoms with van der Waals surface area (Å²) in [4.78, 5) is 0. The highest BCUT2D eigenvalue weighted by Crippen LogP contribution is 2.23.